The van der Waals surface area contributed by atoms with Crippen molar-refractivity contribution in [3.8, 4) is 5.75 Å². The number of benzene rings is 1. The van der Waals surface area contributed by atoms with Crippen LogP contribution < -0.4 is 10.1 Å². The van der Waals surface area contributed by atoms with Gasteiger partial charge in [-0.3, -0.25) is 0 Å². The number of methoxy groups -OCH3 is 1. The van der Waals surface area contributed by atoms with Gasteiger partial charge in [0.15, 0.2) is 0 Å². The molecule has 0 aliphatic carbocycles. The summed E-state index contributed by atoms with van der Waals surface area (Å²) in [5.74, 6) is 0.896. The average molecular weight is 306 g/mol. The Labute approximate surface area is 130 Å². The summed E-state index contributed by atoms with van der Waals surface area (Å²) in [5, 5.41) is 4.14. The van der Waals surface area contributed by atoms with Crippen LogP contribution in [0.4, 0.5) is 0 Å². The zero-order valence-corrected chi connectivity index (χ0v) is 13.6. The maximum atomic E-state index is 5.85. The van der Waals surface area contributed by atoms with E-state index in [1.165, 1.54) is 10.4 Å². The summed E-state index contributed by atoms with van der Waals surface area (Å²) in [6.07, 6.45) is 1.01. The first-order valence-electron chi connectivity index (χ1n) is 7.09. The minimum absolute atomic E-state index is 0.498. The first kappa shape index (κ1) is 15.9. The Hall–Kier alpha value is -1.43. The summed E-state index contributed by atoms with van der Waals surface area (Å²) in [6, 6.07) is 8.20. The summed E-state index contributed by atoms with van der Waals surface area (Å²) in [7, 11) is 3.62. The second-order valence-corrected chi connectivity index (χ2v) is 5.90. The molecular formula is C16H22N2O2S. The smallest absolute Gasteiger partial charge is 0.140 e. The predicted octanol–water partition coefficient (Wildman–Crippen LogP) is 3.15. The second kappa shape index (κ2) is 8.12. The number of aromatic nitrogens is 1. The number of rotatable bonds is 8. The fraction of sp³-hybridized carbons (Fsp3) is 0.438. The lowest BCUT2D eigenvalue weighted by Crippen LogP contribution is -2.06. The Morgan fingerprint density at radius 2 is 2.14 bits per heavy atom. The van der Waals surface area contributed by atoms with Crippen molar-refractivity contribution in [2.45, 2.75) is 33.1 Å². The first-order chi connectivity index (χ1) is 10.3. The van der Waals surface area contributed by atoms with Crippen molar-refractivity contribution >= 4 is 11.3 Å². The monoisotopic (exact) mass is 306 g/mol. The number of hydrogen-bond donors (Lipinski definition) is 1. The van der Waals surface area contributed by atoms with Gasteiger partial charge in [0.2, 0.25) is 0 Å². The molecule has 4 nitrogen and oxygen atoms in total. The molecule has 1 heterocycles. The van der Waals surface area contributed by atoms with E-state index in [0.717, 1.165) is 29.4 Å². The molecule has 0 atom stereocenters. The van der Waals surface area contributed by atoms with E-state index in [2.05, 4.69) is 29.4 Å². The third-order valence-electron chi connectivity index (χ3n) is 3.11. The summed E-state index contributed by atoms with van der Waals surface area (Å²) in [6.45, 7) is 3.99. The van der Waals surface area contributed by atoms with Crippen molar-refractivity contribution in [3.05, 3.63) is 45.4 Å². The third-order valence-corrected chi connectivity index (χ3v) is 4.18. The molecule has 114 valence electrons. The minimum atomic E-state index is 0.498. The van der Waals surface area contributed by atoms with Gasteiger partial charge in [-0.25, -0.2) is 4.98 Å². The first-order valence-corrected chi connectivity index (χ1v) is 7.91. The SMILES string of the molecule is CCc1cccc(OCc2nc(COC)c(CNC)s2)c1. The molecule has 2 aromatic rings. The van der Waals surface area contributed by atoms with E-state index in [-0.39, 0.29) is 0 Å². The molecule has 0 saturated carbocycles. The Bertz CT molecular complexity index is 546. The maximum absolute atomic E-state index is 5.85. The van der Waals surface area contributed by atoms with Gasteiger partial charge in [-0.2, -0.15) is 0 Å². The lowest BCUT2D eigenvalue weighted by Gasteiger charge is -2.05. The van der Waals surface area contributed by atoms with E-state index in [1.807, 2.05) is 19.2 Å². The molecule has 0 unspecified atom stereocenters. The molecule has 0 spiro atoms. The summed E-state index contributed by atoms with van der Waals surface area (Å²) in [4.78, 5) is 5.81. The van der Waals surface area contributed by atoms with E-state index in [9.17, 15) is 0 Å². The quantitative estimate of drug-likeness (QED) is 0.813. The molecule has 1 N–H and O–H groups in total. The molecule has 0 saturated heterocycles. The highest BCUT2D eigenvalue weighted by molar-refractivity contribution is 7.11. The van der Waals surface area contributed by atoms with Gasteiger partial charge in [0, 0.05) is 18.5 Å². The number of aryl methyl sites for hydroxylation is 1. The number of nitrogens with one attached hydrogen (secondary N) is 1. The molecule has 2 rings (SSSR count). The molecule has 0 radical (unpaired) electrons. The topological polar surface area (TPSA) is 43.4 Å². The molecule has 0 amide bonds. The van der Waals surface area contributed by atoms with Crippen LogP contribution in [0.5, 0.6) is 5.75 Å². The molecule has 0 fully saturated rings. The molecule has 0 aliphatic rings. The fourth-order valence-corrected chi connectivity index (χ4v) is 3.04. The molecule has 1 aromatic heterocycles. The van der Waals surface area contributed by atoms with Crippen molar-refractivity contribution in [3.63, 3.8) is 0 Å². The standard InChI is InChI=1S/C16H22N2O2S/c1-4-12-6-5-7-13(8-12)20-11-16-18-14(10-19-3)15(21-16)9-17-2/h5-8,17H,4,9-11H2,1-3H3. The number of ether oxygens (including phenoxy) is 2. The van der Waals surface area contributed by atoms with E-state index < -0.39 is 0 Å². The number of hydrogen-bond acceptors (Lipinski definition) is 5. The highest BCUT2D eigenvalue weighted by Gasteiger charge is 2.11. The van der Waals surface area contributed by atoms with E-state index >= 15 is 0 Å². The van der Waals surface area contributed by atoms with Crippen LogP contribution >= 0.6 is 11.3 Å². The molecule has 0 aliphatic heterocycles. The van der Waals surface area contributed by atoms with Crippen molar-refractivity contribution in [1.29, 1.82) is 0 Å². The van der Waals surface area contributed by atoms with Gasteiger partial charge < -0.3 is 14.8 Å². The third kappa shape index (κ3) is 4.52. The Morgan fingerprint density at radius 1 is 1.29 bits per heavy atom. The van der Waals surface area contributed by atoms with Crippen LogP contribution in [0.3, 0.4) is 0 Å². The van der Waals surface area contributed by atoms with E-state index in [0.29, 0.717) is 13.2 Å². The maximum Gasteiger partial charge on any atom is 0.140 e. The van der Waals surface area contributed by atoms with Gasteiger partial charge in [-0.15, -0.1) is 11.3 Å². The van der Waals surface area contributed by atoms with E-state index in [4.69, 9.17) is 9.47 Å². The summed E-state index contributed by atoms with van der Waals surface area (Å²) >= 11 is 1.67. The van der Waals surface area contributed by atoms with Crippen molar-refractivity contribution < 1.29 is 9.47 Å². The zero-order valence-electron chi connectivity index (χ0n) is 12.8. The lowest BCUT2D eigenvalue weighted by molar-refractivity contribution is 0.180. The fourth-order valence-electron chi connectivity index (χ4n) is 2.05. The number of thiazole rings is 1. The molecule has 0 bridgehead atoms. The van der Waals surface area contributed by atoms with Crippen LogP contribution in [0, 0.1) is 0 Å². The molecular weight excluding hydrogens is 284 g/mol. The van der Waals surface area contributed by atoms with E-state index in [1.54, 1.807) is 18.4 Å². The predicted molar refractivity (Wildman–Crippen MR) is 85.7 cm³/mol. The molecule has 21 heavy (non-hydrogen) atoms. The van der Waals surface area contributed by atoms with Crippen molar-refractivity contribution in [1.82, 2.24) is 10.3 Å². The summed E-state index contributed by atoms with van der Waals surface area (Å²) in [5.41, 5.74) is 2.28. The zero-order chi connectivity index (χ0) is 15.1. The van der Waals surface area contributed by atoms with Crippen LogP contribution in [-0.2, 0) is 30.9 Å². The van der Waals surface area contributed by atoms with Gasteiger partial charge in [0.25, 0.3) is 0 Å². The Kier molecular flexibility index (Phi) is 6.17. The van der Waals surface area contributed by atoms with Crippen LogP contribution in [0.1, 0.15) is 28.1 Å². The van der Waals surface area contributed by atoms with Crippen molar-refractivity contribution in [2.24, 2.45) is 0 Å². The molecule has 5 heteroatoms. The largest absolute Gasteiger partial charge is 0.486 e. The van der Waals surface area contributed by atoms with Crippen LogP contribution in [0.15, 0.2) is 24.3 Å². The number of nitrogens with zero attached hydrogens (tertiary/aromatic N) is 1. The Balaban J connectivity index is 2.03. The van der Waals surface area contributed by atoms with Gasteiger partial charge >= 0.3 is 0 Å². The summed E-state index contributed by atoms with van der Waals surface area (Å²) < 4.78 is 11.0. The minimum Gasteiger partial charge on any atom is -0.486 e. The highest BCUT2D eigenvalue weighted by atomic mass is 32.1. The van der Waals surface area contributed by atoms with Crippen LogP contribution in [0.2, 0.25) is 0 Å². The van der Waals surface area contributed by atoms with Crippen molar-refractivity contribution in [2.75, 3.05) is 14.2 Å². The normalized spacial score (nSPS) is 10.8. The molecule has 1 aromatic carbocycles. The Morgan fingerprint density at radius 3 is 2.86 bits per heavy atom. The van der Waals surface area contributed by atoms with Crippen LogP contribution in [0.25, 0.3) is 0 Å². The van der Waals surface area contributed by atoms with Gasteiger partial charge in [-0.1, -0.05) is 19.1 Å². The second-order valence-electron chi connectivity index (χ2n) is 4.73. The average Bonchev–Trinajstić information content (AvgIpc) is 2.88. The van der Waals surface area contributed by atoms with Gasteiger partial charge in [-0.05, 0) is 31.2 Å². The van der Waals surface area contributed by atoms with Crippen LogP contribution in [-0.4, -0.2) is 19.1 Å². The van der Waals surface area contributed by atoms with Gasteiger partial charge in [0.05, 0.1) is 12.3 Å². The van der Waals surface area contributed by atoms with Gasteiger partial charge in [0.1, 0.15) is 17.4 Å². The highest BCUT2D eigenvalue weighted by Crippen LogP contribution is 2.22. The lowest BCUT2D eigenvalue weighted by atomic mass is 10.2.